The Hall–Kier alpha value is -4.35. The van der Waals surface area contributed by atoms with Gasteiger partial charge in [-0.2, -0.15) is 0 Å². The molecule has 1 aromatic carbocycles. The molecule has 0 bridgehead atoms. The van der Waals surface area contributed by atoms with Crippen LogP contribution in [0.1, 0.15) is 16.8 Å². The van der Waals surface area contributed by atoms with Crippen LogP contribution in [0.3, 0.4) is 0 Å². The summed E-state index contributed by atoms with van der Waals surface area (Å²) in [5.74, 6) is -2.26. The number of nitrogens with zero attached hydrogens (tertiary/aromatic N) is 3. The number of likely N-dealkylation sites (tertiary alicyclic amines) is 1. The van der Waals surface area contributed by atoms with Gasteiger partial charge in [0.2, 0.25) is 5.91 Å². The first-order chi connectivity index (χ1) is 18.8. The number of hydrogen-bond donors (Lipinski definition) is 3. The fraction of sp³-hybridized carbons (Fsp3) is 0.259. The Labute approximate surface area is 229 Å². The van der Waals surface area contributed by atoms with Crippen LogP contribution in [-0.2, 0) is 19.1 Å². The molecule has 1 saturated heterocycles. The van der Waals surface area contributed by atoms with Gasteiger partial charge in [-0.15, -0.1) is 0 Å². The standard InChI is InChI=1S/C27H27ClN6O5/c1-39-16-24(35)34-13-10-21(31-26(37)27(38)33-23-7-6-20(28)14-30-23)22(15-34)32-25(36)19-4-2-17(3-5-19)18-8-11-29-12-9-18/h2-9,11-12,14,21-22H,10,13,15-16H2,1H3,(H,31,37)(H,32,36)(H,30,33,38). The third-order valence-electron chi connectivity index (χ3n) is 6.20. The zero-order valence-electron chi connectivity index (χ0n) is 21.1. The molecule has 2 unspecified atom stereocenters. The van der Waals surface area contributed by atoms with Gasteiger partial charge >= 0.3 is 11.8 Å². The van der Waals surface area contributed by atoms with Crippen LogP contribution < -0.4 is 16.0 Å². The SMILES string of the molecule is COCC(=O)N1CCC(NC(=O)C(=O)Nc2ccc(Cl)cn2)C(NC(=O)c2ccc(-c3ccncc3)cc2)C1. The number of nitrogens with one attached hydrogen (secondary N) is 3. The van der Waals surface area contributed by atoms with Gasteiger partial charge < -0.3 is 25.6 Å². The summed E-state index contributed by atoms with van der Waals surface area (Å²) in [4.78, 5) is 60.2. The Morgan fingerprint density at radius 1 is 0.949 bits per heavy atom. The second-order valence-electron chi connectivity index (χ2n) is 8.85. The number of carbonyl (C=O) groups is 4. The summed E-state index contributed by atoms with van der Waals surface area (Å²) in [7, 11) is 1.42. The maximum Gasteiger partial charge on any atom is 0.314 e. The quantitative estimate of drug-likeness (QED) is 0.381. The number of pyridine rings is 2. The number of anilines is 1. The first kappa shape index (κ1) is 27.7. The summed E-state index contributed by atoms with van der Waals surface area (Å²) in [5, 5.41) is 8.40. The lowest BCUT2D eigenvalue weighted by molar-refractivity contribution is -0.138. The third-order valence-corrected chi connectivity index (χ3v) is 6.43. The predicted molar refractivity (Wildman–Crippen MR) is 144 cm³/mol. The number of rotatable bonds is 7. The highest BCUT2D eigenvalue weighted by molar-refractivity contribution is 6.39. The van der Waals surface area contributed by atoms with E-state index in [1.807, 2.05) is 24.3 Å². The minimum Gasteiger partial charge on any atom is -0.375 e. The molecule has 1 aliphatic heterocycles. The minimum absolute atomic E-state index is 0.106. The van der Waals surface area contributed by atoms with E-state index in [0.29, 0.717) is 23.6 Å². The summed E-state index contributed by atoms with van der Waals surface area (Å²) < 4.78 is 4.96. The Bertz CT molecular complexity index is 1320. The first-order valence-electron chi connectivity index (χ1n) is 12.2. The van der Waals surface area contributed by atoms with E-state index in [-0.39, 0.29) is 30.8 Å². The second-order valence-corrected chi connectivity index (χ2v) is 9.29. The normalized spacial score (nSPS) is 16.7. The minimum atomic E-state index is -0.917. The molecule has 0 spiro atoms. The van der Waals surface area contributed by atoms with Crippen LogP contribution >= 0.6 is 11.6 Å². The van der Waals surface area contributed by atoms with Crippen molar-refractivity contribution in [2.24, 2.45) is 0 Å². The highest BCUT2D eigenvalue weighted by atomic mass is 35.5. The van der Waals surface area contributed by atoms with Gasteiger partial charge in [-0.25, -0.2) is 4.98 Å². The fourth-order valence-electron chi connectivity index (χ4n) is 4.18. The van der Waals surface area contributed by atoms with Crippen molar-refractivity contribution in [1.82, 2.24) is 25.5 Å². The van der Waals surface area contributed by atoms with E-state index in [0.717, 1.165) is 11.1 Å². The highest BCUT2D eigenvalue weighted by Crippen LogP contribution is 2.19. The van der Waals surface area contributed by atoms with Crippen molar-refractivity contribution in [2.75, 3.05) is 32.1 Å². The van der Waals surface area contributed by atoms with Gasteiger partial charge in [0.05, 0.1) is 17.1 Å². The molecule has 2 aromatic heterocycles. The topological polar surface area (TPSA) is 143 Å². The molecule has 202 valence electrons. The molecular weight excluding hydrogens is 524 g/mol. The number of hydrogen-bond acceptors (Lipinski definition) is 7. The second kappa shape index (κ2) is 12.9. The predicted octanol–water partition coefficient (Wildman–Crippen LogP) is 1.90. The van der Waals surface area contributed by atoms with E-state index in [1.165, 1.54) is 25.4 Å². The van der Waals surface area contributed by atoms with E-state index in [9.17, 15) is 19.2 Å². The molecule has 0 aliphatic carbocycles. The molecule has 1 fully saturated rings. The highest BCUT2D eigenvalue weighted by Gasteiger charge is 2.34. The summed E-state index contributed by atoms with van der Waals surface area (Å²) in [6.07, 6.45) is 5.04. The Morgan fingerprint density at radius 3 is 2.33 bits per heavy atom. The molecular formula is C27H27ClN6O5. The van der Waals surface area contributed by atoms with Crippen molar-refractivity contribution in [3.05, 3.63) is 77.7 Å². The van der Waals surface area contributed by atoms with Crippen molar-refractivity contribution in [1.29, 1.82) is 0 Å². The summed E-state index contributed by atoms with van der Waals surface area (Å²) >= 11 is 5.80. The summed E-state index contributed by atoms with van der Waals surface area (Å²) in [5.41, 5.74) is 2.30. The Morgan fingerprint density at radius 2 is 1.67 bits per heavy atom. The van der Waals surface area contributed by atoms with Crippen molar-refractivity contribution in [3.8, 4) is 11.1 Å². The summed E-state index contributed by atoms with van der Waals surface area (Å²) in [6.45, 7) is 0.347. The molecule has 12 heteroatoms. The lowest BCUT2D eigenvalue weighted by Crippen LogP contribution is -2.62. The van der Waals surface area contributed by atoms with Gasteiger partial charge in [-0.3, -0.25) is 24.2 Å². The van der Waals surface area contributed by atoms with Crippen molar-refractivity contribution in [2.45, 2.75) is 18.5 Å². The number of amides is 4. The van der Waals surface area contributed by atoms with Gasteiger partial charge in [0, 0.05) is 44.4 Å². The number of piperidine rings is 1. The lowest BCUT2D eigenvalue weighted by Gasteiger charge is -2.39. The third kappa shape index (κ3) is 7.37. The number of halogens is 1. The van der Waals surface area contributed by atoms with Gasteiger partial charge in [0.1, 0.15) is 12.4 Å². The average molecular weight is 551 g/mol. The van der Waals surface area contributed by atoms with E-state index in [2.05, 4.69) is 25.9 Å². The molecule has 11 nitrogen and oxygen atoms in total. The monoisotopic (exact) mass is 550 g/mol. The number of benzene rings is 1. The molecule has 0 radical (unpaired) electrons. The molecule has 3 aromatic rings. The average Bonchev–Trinajstić information content (AvgIpc) is 2.95. The Kier molecular flexibility index (Phi) is 9.18. The van der Waals surface area contributed by atoms with Crippen molar-refractivity contribution < 1.29 is 23.9 Å². The van der Waals surface area contributed by atoms with Crippen LogP contribution in [0, 0.1) is 0 Å². The van der Waals surface area contributed by atoms with Gasteiger partial charge in [-0.1, -0.05) is 23.7 Å². The van der Waals surface area contributed by atoms with Crippen LogP contribution in [0.25, 0.3) is 11.1 Å². The molecule has 3 N–H and O–H groups in total. The van der Waals surface area contributed by atoms with E-state index < -0.39 is 23.9 Å². The van der Waals surface area contributed by atoms with Crippen LogP contribution in [0.2, 0.25) is 5.02 Å². The maximum absolute atomic E-state index is 13.1. The van der Waals surface area contributed by atoms with Crippen LogP contribution in [0.5, 0.6) is 0 Å². The van der Waals surface area contributed by atoms with Crippen molar-refractivity contribution in [3.63, 3.8) is 0 Å². The number of carbonyl (C=O) groups excluding carboxylic acids is 4. The van der Waals surface area contributed by atoms with Crippen molar-refractivity contribution >= 4 is 41.0 Å². The van der Waals surface area contributed by atoms with Crippen LogP contribution in [0.15, 0.2) is 67.1 Å². The molecule has 3 heterocycles. The first-order valence-corrected chi connectivity index (χ1v) is 12.5. The zero-order chi connectivity index (χ0) is 27.8. The number of methoxy groups -OCH3 is 1. The van der Waals surface area contributed by atoms with E-state index in [4.69, 9.17) is 16.3 Å². The molecule has 1 aliphatic rings. The smallest absolute Gasteiger partial charge is 0.314 e. The fourth-order valence-corrected chi connectivity index (χ4v) is 4.29. The van der Waals surface area contributed by atoms with Crippen LogP contribution in [0.4, 0.5) is 5.82 Å². The molecule has 4 amide bonds. The van der Waals surface area contributed by atoms with E-state index in [1.54, 1.807) is 29.4 Å². The molecule has 39 heavy (non-hydrogen) atoms. The molecule has 2 atom stereocenters. The Balaban J connectivity index is 1.44. The molecule has 0 saturated carbocycles. The molecule has 4 rings (SSSR count). The largest absolute Gasteiger partial charge is 0.375 e. The lowest BCUT2D eigenvalue weighted by atomic mass is 9.98. The van der Waals surface area contributed by atoms with Gasteiger partial charge in [0.15, 0.2) is 0 Å². The van der Waals surface area contributed by atoms with Gasteiger partial charge in [0.25, 0.3) is 5.91 Å². The van der Waals surface area contributed by atoms with Crippen LogP contribution in [-0.4, -0.2) is 77.4 Å². The number of ether oxygens (including phenoxy) is 1. The number of aromatic nitrogens is 2. The summed E-state index contributed by atoms with van der Waals surface area (Å²) in [6, 6.07) is 12.5. The van der Waals surface area contributed by atoms with Gasteiger partial charge in [-0.05, 0) is 53.9 Å². The van der Waals surface area contributed by atoms with E-state index >= 15 is 0 Å². The maximum atomic E-state index is 13.1. The zero-order valence-corrected chi connectivity index (χ0v) is 21.9.